The van der Waals surface area contributed by atoms with Crippen LogP contribution in [0.1, 0.15) is 19.3 Å². The summed E-state index contributed by atoms with van der Waals surface area (Å²) in [5.74, 6) is 2.17. The van der Waals surface area contributed by atoms with Gasteiger partial charge in [0.05, 0.1) is 13.2 Å². The summed E-state index contributed by atoms with van der Waals surface area (Å²) in [5, 5.41) is 7.15. The van der Waals surface area contributed by atoms with Gasteiger partial charge in [-0.15, -0.1) is 0 Å². The normalized spacial score (nSPS) is 46.3. The van der Waals surface area contributed by atoms with Crippen molar-refractivity contribution in [3.8, 4) is 0 Å². The zero-order chi connectivity index (χ0) is 9.38. The molecule has 0 spiro atoms. The molecule has 0 aromatic carbocycles. The van der Waals surface area contributed by atoms with Crippen LogP contribution in [0.25, 0.3) is 0 Å². The van der Waals surface area contributed by atoms with Crippen LogP contribution >= 0.6 is 0 Å². The van der Waals surface area contributed by atoms with Crippen molar-refractivity contribution in [3.05, 3.63) is 0 Å². The number of rotatable bonds is 3. The Balaban J connectivity index is 1.36. The number of morpholine rings is 1. The van der Waals surface area contributed by atoms with Crippen molar-refractivity contribution >= 4 is 0 Å². The molecule has 0 bridgehead atoms. The number of fused-ring (bicyclic) bond motifs is 1. The molecular formula is C11H20N2O. The number of hydrogen-bond donors (Lipinski definition) is 2. The summed E-state index contributed by atoms with van der Waals surface area (Å²) in [6.45, 7) is 3.86. The Morgan fingerprint density at radius 1 is 1.21 bits per heavy atom. The molecule has 0 amide bonds. The first-order valence-electron chi connectivity index (χ1n) is 5.96. The Bertz CT molecular complexity index is 191. The van der Waals surface area contributed by atoms with E-state index in [0.29, 0.717) is 6.04 Å². The molecule has 3 fully saturated rings. The molecule has 0 radical (unpaired) electrons. The predicted octanol–water partition coefficient (Wildman–Crippen LogP) is 0.363. The number of ether oxygens (including phenoxy) is 1. The van der Waals surface area contributed by atoms with Crippen molar-refractivity contribution in [2.24, 2.45) is 11.8 Å². The van der Waals surface area contributed by atoms with E-state index in [4.69, 9.17) is 4.74 Å². The average Bonchev–Trinajstić information content (AvgIpc) is 2.85. The second-order valence-electron chi connectivity index (χ2n) is 5.06. The summed E-state index contributed by atoms with van der Waals surface area (Å²) in [6, 6.07) is 1.35. The van der Waals surface area contributed by atoms with E-state index in [1.54, 1.807) is 0 Å². The summed E-state index contributed by atoms with van der Waals surface area (Å²) in [4.78, 5) is 0. The van der Waals surface area contributed by atoms with Crippen LogP contribution in [-0.2, 0) is 4.74 Å². The van der Waals surface area contributed by atoms with Crippen LogP contribution in [0.2, 0.25) is 0 Å². The Kier molecular flexibility index (Phi) is 2.48. The van der Waals surface area contributed by atoms with E-state index >= 15 is 0 Å². The lowest BCUT2D eigenvalue weighted by Gasteiger charge is -2.26. The average molecular weight is 196 g/mol. The van der Waals surface area contributed by atoms with Gasteiger partial charge in [0, 0.05) is 25.2 Å². The monoisotopic (exact) mass is 196 g/mol. The lowest BCUT2D eigenvalue weighted by atomic mass is 10.1. The molecule has 80 valence electrons. The van der Waals surface area contributed by atoms with Crippen LogP contribution in [0.5, 0.6) is 0 Å². The smallest absolute Gasteiger partial charge is 0.0632 e. The quantitative estimate of drug-likeness (QED) is 0.684. The minimum Gasteiger partial charge on any atom is -0.378 e. The molecule has 1 saturated heterocycles. The van der Waals surface area contributed by atoms with Gasteiger partial charge < -0.3 is 15.4 Å². The van der Waals surface area contributed by atoms with Crippen molar-refractivity contribution in [1.82, 2.24) is 10.6 Å². The Morgan fingerprint density at radius 2 is 2.07 bits per heavy atom. The Morgan fingerprint density at radius 3 is 2.79 bits per heavy atom. The first-order chi connectivity index (χ1) is 6.92. The summed E-state index contributed by atoms with van der Waals surface area (Å²) < 4.78 is 5.42. The maximum atomic E-state index is 5.42. The van der Waals surface area contributed by atoms with Gasteiger partial charge in [-0.25, -0.2) is 0 Å². The molecule has 3 unspecified atom stereocenters. The third-order valence-electron chi connectivity index (χ3n) is 3.89. The van der Waals surface area contributed by atoms with Crippen LogP contribution < -0.4 is 10.6 Å². The first kappa shape index (κ1) is 9.13. The summed E-state index contributed by atoms with van der Waals surface area (Å²) in [5.41, 5.74) is 0. The Hall–Kier alpha value is -0.120. The van der Waals surface area contributed by atoms with Crippen LogP contribution in [0.3, 0.4) is 0 Å². The fourth-order valence-electron chi connectivity index (χ4n) is 2.94. The van der Waals surface area contributed by atoms with E-state index in [0.717, 1.165) is 44.2 Å². The molecule has 3 atom stereocenters. The molecular weight excluding hydrogens is 176 g/mol. The van der Waals surface area contributed by atoms with E-state index in [9.17, 15) is 0 Å². The minimum absolute atomic E-state index is 0.542. The van der Waals surface area contributed by atoms with Gasteiger partial charge in [-0.2, -0.15) is 0 Å². The van der Waals surface area contributed by atoms with Gasteiger partial charge in [0.25, 0.3) is 0 Å². The fraction of sp³-hybridized carbons (Fsp3) is 1.00. The van der Waals surface area contributed by atoms with E-state index in [1.807, 2.05) is 0 Å². The zero-order valence-corrected chi connectivity index (χ0v) is 8.67. The van der Waals surface area contributed by atoms with E-state index < -0.39 is 0 Å². The molecule has 2 saturated carbocycles. The third kappa shape index (κ3) is 1.95. The maximum absolute atomic E-state index is 5.42. The maximum Gasteiger partial charge on any atom is 0.0632 e. The van der Waals surface area contributed by atoms with Gasteiger partial charge in [0.15, 0.2) is 0 Å². The van der Waals surface area contributed by atoms with E-state index in [2.05, 4.69) is 10.6 Å². The van der Waals surface area contributed by atoms with Gasteiger partial charge in [0.1, 0.15) is 0 Å². The first-order valence-corrected chi connectivity index (χ1v) is 5.96. The summed E-state index contributed by atoms with van der Waals surface area (Å²) >= 11 is 0. The van der Waals surface area contributed by atoms with Crippen molar-refractivity contribution in [2.45, 2.75) is 31.3 Å². The molecule has 3 nitrogen and oxygen atoms in total. The molecule has 1 aliphatic heterocycles. The van der Waals surface area contributed by atoms with Crippen LogP contribution in [-0.4, -0.2) is 38.4 Å². The molecule has 14 heavy (non-hydrogen) atoms. The van der Waals surface area contributed by atoms with Gasteiger partial charge in [0.2, 0.25) is 0 Å². The number of nitrogens with one attached hydrogen (secondary N) is 2. The SMILES string of the molecule is C1COCC(CNC2CC3CC3C2)N1. The molecule has 3 aliphatic rings. The summed E-state index contributed by atoms with van der Waals surface area (Å²) in [6.07, 6.45) is 4.37. The van der Waals surface area contributed by atoms with Crippen molar-refractivity contribution in [2.75, 3.05) is 26.3 Å². The van der Waals surface area contributed by atoms with E-state index in [1.165, 1.54) is 19.3 Å². The van der Waals surface area contributed by atoms with Gasteiger partial charge in [-0.3, -0.25) is 0 Å². The minimum atomic E-state index is 0.542. The van der Waals surface area contributed by atoms with E-state index in [-0.39, 0.29) is 0 Å². The molecule has 2 aliphatic carbocycles. The Labute approximate surface area is 85.6 Å². The highest BCUT2D eigenvalue weighted by atomic mass is 16.5. The second kappa shape index (κ2) is 3.80. The standard InChI is InChI=1S/C11H20N2O/c1-2-14-7-11(12-1)6-13-10-4-8-3-9(8)5-10/h8-13H,1-7H2. The van der Waals surface area contributed by atoms with Crippen molar-refractivity contribution in [3.63, 3.8) is 0 Å². The van der Waals surface area contributed by atoms with Gasteiger partial charge in [-0.05, 0) is 31.1 Å². The highest BCUT2D eigenvalue weighted by molar-refractivity contribution is 4.99. The summed E-state index contributed by atoms with van der Waals surface area (Å²) in [7, 11) is 0. The molecule has 3 rings (SSSR count). The molecule has 0 aromatic heterocycles. The third-order valence-corrected chi connectivity index (χ3v) is 3.89. The lowest BCUT2D eigenvalue weighted by Crippen LogP contribution is -2.48. The topological polar surface area (TPSA) is 33.3 Å². The highest BCUT2D eigenvalue weighted by Gasteiger charge is 2.45. The van der Waals surface area contributed by atoms with Crippen LogP contribution in [0.15, 0.2) is 0 Å². The zero-order valence-electron chi connectivity index (χ0n) is 8.67. The van der Waals surface area contributed by atoms with Gasteiger partial charge in [-0.1, -0.05) is 0 Å². The van der Waals surface area contributed by atoms with Gasteiger partial charge >= 0.3 is 0 Å². The van der Waals surface area contributed by atoms with Crippen molar-refractivity contribution in [1.29, 1.82) is 0 Å². The van der Waals surface area contributed by atoms with Crippen LogP contribution in [0.4, 0.5) is 0 Å². The fourth-order valence-corrected chi connectivity index (χ4v) is 2.94. The molecule has 1 heterocycles. The molecule has 0 aromatic rings. The lowest BCUT2D eigenvalue weighted by molar-refractivity contribution is 0.0757. The number of hydrogen-bond acceptors (Lipinski definition) is 3. The van der Waals surface area contributed by atoms with Crippen molar-refractivity contribution < 1.29 is 4.74 Å². The molecule has 2 N–H and O–H groups in total. The predicted molar refractivity (Wildman–Crippen MR) is 55.2 cm³/mol. The largest absolute Gasteiger partial charge is 0.378 e. The molecule has 3 heteroatoms. The van der Waals surface area contributed by atoms with Crippen LogP contribution in [0, 0.1) is 11.8 Å². The highest BCUT2D eigenvalue weighted by Crippen LogP contribution is 2.51. The second-order valence-corrected chi connectivity index (χ2v) is 5.06.